The summed E-state index contributed by atoms with van der Waals surface area (Å²) in [6, 6.07) is 23.2. The molecule has 29 heavy (non-hydrogen) atoms. The maximum Gasteiger partial charge on any atom is 0.269 e. The summed E-state index contributed by atoms with van der Waals surface area (Å²) in [6.45, 7) is 1.95. The summed E-state index contributed by atoms with van der Waals surface area (Å²) >= 11 is 3.31. The number of aromatic amines is 1. The molecule has 0 aliphatic heterocycles. The van der Waals surface area contributed by atoms with E-state index < -0.39 is 5.91 Å². The molecular formula is C23H20BrN3O2. The number of hydrogen-bond acceptors (Lipinski definition) is 3. The number of halogens is 1. The van der Waals surface area contributed by atoms with Gasteiger partial charge in [-0.2, -0.15) is 0 Å². The number of amides is 1. The molecule has 1 amide bonds. The van der Waals surface area contributed by atoms with E-state index in [1.807, 2.05) is 25.1 Å². The smallest absolute Gasteiger partial charge is 0.269 e. The quantitative estimate of drug-likeness (QED) is 0.312. The highest BCUT2D eigenvalue weighted by Crippen LogP contribution is 2.26. The van der Waals surface area contributed by atoms with Crippen LogP contribution in [0.25, 0.3) is 22.0 Å². The molecule has 4 rings (SSSR count). The van der Waals surface area contributed by atoms with Gasteiger partial charge in [-0.15, -0.1) is 0 Å². The number of H-pyrrole nitrogens is 1. The van der Waals surface area contributed by atoms with Gasteiger partial charge in [-0.05, 0) is 54.4 Å². The molecule has 0 bridgehead atoms. The van der Waals surface area contributed by atoms with E-state index in [9.17, 15) is 9.90 Å². The van der Waals surface area contributed by atoms with E-state index in [1.165, 1.54) is 11.6 Å². The Hall–Kier alpha value is -3.09. The number of hydrogen-bond donors (Lipinski definition) is 4. The van der Waals surface area contributed by atoms with Gasteiger partial charge in [0.15, 0.2) is 0 Å². The van der Waals surface area contributed by atoms with Crippen molar-refractivity contribution in [2.75, 3.05) is 0 Å². The summed E-state index contributed by atoms with van der Waals surface area (Å²) < 4.78 is 0.721. The number of phenols is 1. The van der Waals surface area contributed by atoms with Gasteiger partial charge >= 0.3 is 0 Å². The fourth-order valence-corrected chi connectivity index (χ4v) is 3.57. The number of phenolic OH excluding ortho intramolecular Hbond substituents is 1. The minimum absolute atomic E-state index is 0.0702. The number of nitrogens with one attached hydrogen (secondary N) is 3. The molecule has 0 saturated carbocycles. The highest BCUT2D eigenvalue weighted by Gasteiger charge is 2.14. The summed E-state index contributed by atoms with van der Waals surface area (Å²) in [7, 11) is 0. The minimum Gasteiger partial charge on any atom is -0.507 e. The third-order valence-corrected chi connectivity index (χ3v) is 5.31. The van der Waals surface area contributed by atoms with E-state index in [0.29, 0.717) is 0 Å². The Morgan fingerprint density at radius 3 is 2.59 bits per heavy atom. The lowest BCUT2D eigenvalue weighted by molar-refractivity contribution is 0.0923. The zero-order valence-corrected chi connectivity index (χ0v) is 17.3. The van der Waals surface area contributed by atoms with E-state index in [0.717, 1.165) is 26.6 Å². The molecule has 6 heteroatoms. The first-order chi connectivity index (χ1) is 14.0. The predicted molar refractivity (Wildman–Crippen MR) is 119 cm³/mol. The van der Waals surface area contributed by atoms with Crippen molar-refractivity contribution in [1.82, 2.24) is 15.8 Å². The Kier molecular flexibility index (Phi) is 5.38. The van der Waals surface area contributed by atoms with Gasteiger partial charge < -0.3 is 10.1 Å². The molecule has 5 nitrogen and oxygen atoms in total. The van der Waals surface area contributed by atoms with Crippen molar-refractivity contribution in [2.24, 2.45) is 0 Å². The third kappa shape index (κ3) is 4.18. The molecule has 0 saturated heterocycles. The molecular weight excluding hydrogens is 430 g/mol. The summed E-state index contributed by atoms with van der Waals surface area (Å²) in [6.07, 6.45) is 0. The van der Waals surface area contributed by atoms with Crippen LogP contribution in [-0.4, -0.2) is 16.0 Å². The van der Waals surface area contributed by atoms with Crippen LogP contribution in [-0.2, 0) is 0 Å². The second kappa shape index (κ2) is 8.11. The number of benzene rings is 3. The van der Waals surface area contributed by atoms with Gasteiger partial charge in [0.05, 0.1) is 11.6 Å². The molecule has 0 fully saturated rings. The maximum atomic E-state index is 12.4. The van der Waals surface area contributed by atoms with Gasteiger partial charge in [-0.1, -0.05) is 52.3 Å². The normalized spacial score (nSPS) is 12.1. The van der Waals surface area contributed by atoms with E-state index >= 15 is 0 Å². The lowest BCUT2D eigenvalue weighted by atomic mass is 10.0. The molecule has 1 atom stereocenters. The summed E-state index contributed by atoms with van der Waals surface area (Å²) in [5, 5.41) is 11.0. The molecule has 4 N–H and O–H groups in total. The maximum absolute atomic E-state index is 12.4. The number of fused-ring (bicyclic) bond motifs is 1. The number of aromatic hydroxyl groups is 1. The van der Waals surface area contributed by atoms with E-state index in [1.54, 1.807) is 12.1 Å². The third-order valence-electron chi connectivity index (χ3n) is 4.82. The standard InChI is InChI=1S/C23H20BrN3O2/c1-14(26-27-23(29)19-13-18(24)8-10-22(19)28)21-12-17-11-16(7-9-20(17)25-21)15-5-3-2-4-6-15/h2-14,25-26,28H,1H3,(H,27,29). The second-order valence-electron chi connectivity index (χ2n) is 6.87. The van der Waals surface area contributed by atoms with Crippen LogP contribution >= 0.6 is 15.9 Å². The molecule has 0 spiro atoms. The van der Waals surface area contributed by atoms with Gasteiger partial charge in [-0.3, -0.25) is 10.2 Å². The molecule has 1 aromatic heterocycles. The minimum atomic E-state index is -0.405. The first-order valence-electron chi connectivity index (χ1n) is 9.24. The first-order valence-corrected chi connectivity index (χ1v) is 10.0. The lowest BCUT2D eigenvalue weighted by Gasteiger charge is -2.14. The fraction of sp³-hybridized carbons (Fsp3) is 0.0870. The average molecular weight is 450 g/mol. The largest absolute Gasteiger partial charge is 0.507 e. The number of aromatic nitrogens is 1. The second-order valence-corrected chi connectivity index (χ2v) is 7.79. The summed E-state index contributed by atoms with van der Waals surface area (Å²) in [5.74, 6) is -0.475. The number of rotatable bonds is 5. The van der Waals surface area contributed by atoms with E-state index in [2.05, 4.69) is 68.2 Å². The van der Waals surface area contributed by atoms with E-state index in [4.69, 9.17) is 0 Å². The van der Waals surface area contributed by atoms with Crippen LogP contribution in [0, 0.1) is 0 Å². The van der Waals surface area contributed by atoms with E-state index in [-0.39, 0.29) is 17.4 Å². The van der Waals surface area contributed by atoms with Crippen molar-refractivity contribution < 1.29 is 9.90 Å². The summed E-state index contributed by atoms with van der Waals surface area (Å²) in [5.41, 5.74) is 10.2. The van der Waals surface area contributed by atoms with Crippen molar-refractivity contribution in [3.05, 3.63) is 88.5 Å². The van der Waals surface area contributed by atoms with Gasteiger partial charge in [0, 0.05) is 21.1 Å². The number of carbonyl (C=O) groups is 1. The molecule has 146 valence electrons. The molecule has 0 aliphatic rings. The summed E-state index contributed by atoms with van der Waals surface area (Å²) in [4.78, 5) is 15.7. The zero-order valence-electron chi connectivity index (χ0n) is 15.7. The predicted octanol–water partition coefficient (Wildman–Crippen LogP) is 5.30. The van der Waals surface area contributed by atoms with Gasteiger partial charge in [0.25, 0.3) is 5.91 Å². The molecule has 1 heterocycles. The molecule has 3 aromatic carbocycles. The van der Waals surface area contributed by atoms with Crippen molar-refractivity contribution in [2.45, 2.75) is 13.0 Å². The Labute approximate surface area is 176 Å². The van der Waals surface area contributed by atoms with Crippen LogP contribution in [0.5, 0.6) is 5.75 Å². The molecule has 0 radical (unpaired) electrons. The Morgan fingerprint density at radius 2 is 1.79 bits per heavy atom. The first kappa shape index (κ1) is 19.2. The van der Waals surface area contributed by atoms with Gasteiger partial charge in [-0.25, -0.2) is 5.43 Å². The van der Waals surface area contributed by atoms with Crippen LogP contribution in [0.15, 0.2) is 77.3 Å². The average Bonchev–Trinajstić information content (AvgIpc) is 3.17. The van der Waals surface area contributed by atoms with Gasteiger partial charge in [0.2, 0.25) is 0 Å². The van der Waals surface area contributed by atoms with Crippen LogP contribution in [0.1, 0.15) is 29.0 Å². The molecule has 0 aliphatic carbocycles. The highest BCUT2D eigenvalue weighted by atomic mass is 79.9. The Bertz CT molecular complexity index is 1170. The van der Waals surface area contributed by atoms with Crippen molar-refractivity contribution >= 4 is 32.7 Å². The zero-order chi connectivity index (χ0) is 20.4. The van der Waals surface area contributed by atoms with Crippen LogP contribution in [0.3, 0.4) is 0 Å². The monoisotopic (exact) mass is 449 g/mol. The van der Waals surface area contributed by atoms with Crippen molar-refractivity contribution in [1.29, 1.82) is 0 Å². The fourth-order valence-electron chi connectivity index (χ4n) is 3.21. The number of hydrazine groups is 1. The Morgan fingerprint density at radius 1 is 1.00 bits per heavy atom. The SMILES string of the molecule is CC(NNC(=O)c1cc(Br)ccc1O)c1cc2cc(-c3ccccc3)ccc2[nH]1. The van der Waals surface area contributed by atoms with Crippen molar-refractivity contribution in [3.63, 3.8) is 0 Å². The Balaban J connectivity index is 1.49. The van der Waals surface area contributed by atoms with Gasteiger partial charge in [0.1, 0.15) is 5.75 Å². The molecule has 1 unspecified atom stereocenters. The topological polar surface area (TPSA) is 77.2 Å². The van der Waals surface area contributed by atoms with Crippen LogP contribution in [0.4, 0.5) is 0 Å². The number of carbonyl (C=O) groups excluding carboxylic acids is 1. The van der Waals surface area contributed by atoms with Crippen LogP contribution in [0.2, 0.25) is 0 Å². The highest BCUT2D eigenvalue weighted by molar-refractivity contribution is 9.10. The van der Waals surface area contributed by atoms with Crippen molar-refractivity contribution in [3.8, 4) is 16.9 Å². The molecule has 4 aromatic rings. The lowest BCUT2D eigenvalue weighted by Crippen LogP contribution is -2.39. The van der Waals surface area contributed by atoms with Crippen LogP contribution < -0.4 is 10.9 Å².